The van der Waals surface area contributed by atoms with E-state index in [1.54, 1.807) is 24.8 Å². The van der Waals surface area contributed by atoms with Crippen LogP contribution in [0.1, 0.15) is 44.0 Å². The lowest BCUT2D eigenvalue weighted by atomic mass is 10.1. The second kappa shape index (κ2) is 18.0. The van der Waals surface area contributed by atoms with E-state index in [0.29, 0.717) is 32.3 Å². The number of thioether (sulfide) groups is 1. The number of benzene rings is 2. The number of aromatic hydroxyl groups is 1. The van der Waals surface area contributed by atoms with Gasteiger partial charge < -0.3 is 30.9 Å². The highest BCUT2D eigenvalue weighted by Gasteiger charge is 2.19. The van der Waals surface area contributed by atoms with Crippen molar-refractivity contribution in [3.63, 3.8) is 0 Å². The highest BCUT2D eigenvalue weighted by molar-refractivity contribution is 8.15. The molecule has 6 aromatic rings. The third kappa shape index (κ3) is 9.46. The van der Waals surface area contributed by atoms with Gasteiger partial charge in [-0.25, -0.2) is 15.0 Å². The maximum atomic E-state index is 11.0. The predicted octanol–water partition coefficient (Wildman–Crippen LogP) is 5.96. The van der Waals surface area contributed by atoms with E-state index >= 15 is 0 Å². The Morgan fingerprint density at radius 2 is 1.66 bits per heavy atom. The van der Waals surface area contributed by atoms with Gasteiger partial charge in [-0.1, -0.05) is 83.8 Å². The summed E-state index contributed by atoms with van der Waals surface area (Å²) < 4.78 is 0. The molecule has 6 N–H and O–H groups in total. The van der Waals surface area contributed by atoms with E-state index in [1.165, 1.54) is 23.1 Å². The summed E-state index contributed by atoms with van der Waals surface area (Å²) in [4.78, 5) is 45.9. The number of aromatic nitrogens is 4. The summed E-state index contributed by atoms with van der Waals surface area (Å²) in [5.41, 5.74) is 5.11. The Kier molecular flexibility index (Phi) is 12.5. The van der Waals surface area contributed by atoms with E-state index in [9.17, 15) is 24.9 Å². The molecule has 4 aromatic heterocycles. The second-order valence-corrected chi connectivity index (χ2v) is 13.4. The molecule has 15 heteroatoms. The van der Waals surface area contributed by atoms with E-state index in [2.05, 4.69) is 40.6 Å². The van der Waals surface area contributed by atoms with Crippen molar-refractivity contribution in [1.82, 2.24) is 25.3 Å². The van der Waals surface area contributed by atoms with Crippen LogP contribution in [0, 0.1) is 0 Å². The lowest BCUT2D eigenvalue weighted by Crippen LogP contribution is -2.21. The monoisotopic (exact) mass is 746 g/mol. The van der Waals surface area contributed by atoms with Crippen molar-refractivity contribution in [2.24, 2.45) is 9.98 Å². The number of aromatic amines is 1. The van der Waals surface area contributed by atoms with Crippen molar-refractivity contribution in [2.45, 2.75) is 12.1 Å². The van der Waals surface area contributed by atoms with Crippen LogP contribution >= 0.6 is 23.1 Å². The minimum atomic E-state index is -0.304. The fraction of sp³-hybridized carbons (Fsp3) is 0.132. The topological polar surface area (TPSA) is 198 Å². The molecule has 8 rings (SSSR count). The van der Waals surface area contributed by atoms with E-state index in [1.807, 2.05) is 91.0 Å². The van der Waals surface area contributed by atoms with Crippen molar-refractivity contribution < 1.29 is 24.9 Å². The molecule has 1 saturated heterocycles. The number of pyridine rings is 2. The van der Waals surface area contributed by atoms with Crippen LogP contribution in [0.15, 0.2) is 114 Å². The molecule has 0 unspecified atom stereocenters. The van der Waals surface area contributed by atoms with Crippen molar-refractivity contribution >= 4 is 80.3 Å². The number of nitrogens with zero attached hydrogens (tertiary/aromatic N) is 5. The molecule has 2 aliphatic heterocycles. The minimum absolute atomic E-state index is 0.0338. The quantitative estimate of drug-likeness (QED) is 0.0960. The van der Waals surface area contributed by atoms with E-state index in [0.717, 1.165) is 39.6 Å². The van der Waals surface area contributed by atoms with Gasteiger partial charge in [-0.3, -0.25) is 14.6 Å². The van der Waals surface area contributed by atoms with Crippen LogP contribution in [0.3, 0.4) is 0 Å². The van der Waals surface area contributed by atoms with Gasteiger partial charge in [-0.2, -0.15) is 4.98 Å². The molecule has 268 valence electrons. The molecule has 2 aliphatic rings. The molecule has 0 aliphatic carbocycles. The molecular weight excluding hydrogens is 713 g/mol. The van der Waals surface area contributed by atoms with Crippen LogP contribution in [-0.2, 0) is 4.79 Å². The van der Waals surface area contributed by atoms with Gasteiger partial charge in [-0.05, 0) is 41.5 Å². The molecule has 0 bridgehead atoms. The lowest BCUT2D eigenvalue weighted by molar-refractivity contribution is -0.116. The van der Waals surface area contributed by atoms with Crippen molar-refractivity contribution in [3.05, 3.63) is 131 Å². The number of amides is 1. The van der Waals surface area contributed by atoms with Crippen molar-refractivity contribution in [1.29, 1.82) is 0 Å². The van der Waals surface area contributed by atoms with Crippen LogP contribution in [0.2, 0.25) is 0 Å². The Morgan fingerprint density at radius 1 is 0.925 bits per heavy atom. The summed E-state index contributed by atoms with van der Waals surface area (Å²) in [7, 11) is 0. The van der Waals surface area contributed by atoms with Crippen molar-refractivity contribution in [3.8, 4) is 5.88 Å². The number of amidine groups is 1. The van der Waals surface area contributed by atoms with Gasteiger partial charge in [0.1, 0.15) is 11.7 Å². The Labute approximate surface area is 312 Å². The van der Waals surface area contributed by atoms with Gasteiger partial charge in [0, 0.05) is 46.9 Å². The standard InChI is InChI=1S/C19H16N4O2S.C11H12N2O2S.C8H6N2O/c24-11-15(12-5-2-1-3-6-12)22-19-23-18(25)16(26-19)9-13-10-21-17-14(13)7-4-8-20-17;14-6-9(8-4-2-1-3-5-8)12-11-13-10(15)7-16-11;11-5-6-4-10-8-7(6)2-1-3-9-8/h1-10,15,24-25H,11H2,(H,22,23);1-5,9,14H,6-7H2,(H,12,13,15);1-5H,(H,9,10)/t15-;9-;/m00./s1. The zero-order valence-corrected chi connectivity index (χ0v) is 29.7. The molecule has 1 amide bonds. The average Bonchev–Trinajstić information content (AvgIpc) is 4.01. The maximum absolute atomic E-state index is 11.0. The molecule has 53 heavy (non-hydrogen) atoms. The normalized spacial score (nSPS) is 15.5. The van der Waals surface area contributed by atoms with Crippen LogP contribution in [0.5, 0.6) is 5.88 Å². The van der Waals surface area contributed by atoms with Crippen molar-refractivity contribution in [2.75, 3.05) is 24.3 Å². The first-order valence-electron chi connectivity index (χ1n) is 16.3. The zero-order chi connectivity index (χ0) is 37.0. The second-order valence-electron chi connectivity index (χ2n) is 11.4. The minimum Gasteiger partial charge on any atom is -0.492 e. The molecule has 6 heterocycles. The number of carbonyl (C=O) groups excluding carboxylic acids is 2. The third-order valence-corrected chi connectivity index (χ3v) is 9.66. The Hall–Kier alpha value is -6.00. The summed E-state index contributed by atoms with van der Waals surface area (Å²) in [6.45, 7) is -0.142. The van der Waals surface area contributed by atoms with Gasteiger partial charge in [0.25, 0.3) is 0 Å². The largest absolute Gasteiger partial charge is 0.492 e. The highest BCUT2D eigenvalue weighted by Crippen LogP contribution is 2.36. The number of aliphatic hydroxyl groups excluding tert-OH is 2. The molecule has 2 aromatic carbocycles. The SMILES string of the molecule is O=C1CSC(=N[C@@H](CO)c2ccccc2)N1.O=Cc1c[nH]c2ncccc12.OC[C@H](Nc1nc(O)c(C=C2C=Nc3ncccc32)s1)c1ccccc1. The Balaban J connectivity index is 0.000000151. The molecule has 2 atom stereocenters. The number of aliphatic imine (C=N–C) groups is 2. The van der Waals surface area contributed by atoms with Gasteiger partial charge in [0.2, 0.25) is 11.8 Å². The molecule has 0 spiro atoms. The van der Waals surface area contributed by atoms with Gasteiger partial charge >= 0.3 is 0 Å². The summed E-state index contributed by atoms with van der Waals surface area (Å²) in [6.07, 6.45) is 9.43. The predicted molar refractivity (Wildman–Crippen MR) is 210 cm³/mol. The fourth-order valence-electron chi connectivity index (χ4n) is 5.24. The maximum Gasteiger partial charge on any atom is 0.236 e. The number of aldehydes is 1. The first kappa shape index (κ1) is 36.8. The number of fused-ring (bicyclic) bond motifs is 2. The van der Waals surface area contributed by atoms with E-state index < -0.39 is 0 Å². The number of anilines is 1. The number of carbonyl (C=O) groups is 2. The van der Waals surface area contributed by atoms with E-state index in [-0.39, 0.29) is 37.1 Å². The number of rotatable bonds is 9. The first-order valence-corrected chi connectivity index (χ1v) is 18.1. The fourth-order valence-corrected chi connectivity index (χ4v) is 6.83. The third-order valence-electron chi connectivity index (χ3n) is 7.85. The van der Waals surface area contributed by atoms with Gasteiger partial charge in [0.05, 0.1) is 29.9 Å². The number of aliphatic hydroxyl groups is 2. The highest BCUT2D eigenvalue weighted by atomic mass is 32.2. The number of nitrogens with one attached hydrogen (secondary N) is 3. The number of hydrogen-bond donors (Lipinski definition) is 6. The number of thiazole rings is 1. The van der Waals surface area contributed by atoms with Gasteiger partial charge in [-0.15, -0.1) is 0 Å². The lowest BCUT2D eigenvalue weighted by Gasteiger charge is -2.15. The zero-order valence-electron chi connectivity index (χ0n) is 28.0. The molecule has 0 saturated carbocycles. The molecule has 0 radical (unpaired) electrons. The van der Waals surface area contributed by atoms with Gasteiger partial charge in [0.15, 0.2) is 22.4 Å². The number of allylic oxidation sites excluding steroid dienone is 1. The van der Waals surface area contributed by atoms with E-state index in [4.69, 9.17) is 0 Å². The van der Waals surface area contributed by atoms with Crippen LogP contribution < -0.4 is 10.6 Å². The van der Waals surface area contributed by atoms with Crippen LogP contribution in [0.25, 0.3) is 22.7 Å². The Bertz CT molecular complexity index is 2260. The number of H-pyrrole nitrogens is 1. The molecule has 1 fully saturated rings. The van der Waals surface area contributed by atoms with Crippen LogP contribution in [-0.4, -0.2) is 77.8 Å². The Morgan fingerprint density at radius 3 is 2.36 bits per heavy atom. The summed E-state index contributed by atoms with van der Waals surface area (Å²) >= 11 is 2.68. The smallest absolute Gasteiger partial charge is 0.236 e. The summed E-state index contributed by atoms with van der Waals surface area (Å²) in [5, 5.41) is 37.0. The van der Waals surface area contributed by atoms with Crippen LogP contribution in [0.4, 0.5) is 10.9 Å². The summed E-state index contributed by atoms with van der Waals surface area (Å²) in [5.74, 6) is 0.991. The average molecular weight is 747 g/mol. The first-order chi connectivity index (χ1) is 25.9. The molecule has 13 nitrogen and oxygen atoms in total. The number of hydrogen-bond acceptors (Lipinski definition) is 13. The molecular formula is C38H34N8O5S2. The summed E-state index contributed by atoms with van der Waals surface area (Å²) in [6, 6.07) is 26.0.